The van der Waals surface area contributed by atoms with Crippen LogP contribution in [0.25, 0.3) is 0 Å². The van der Waals surface area contributed by atoms with Gasteiger partial charge in [-0.3, -0.25) is 0 Å². The minimum Gasteiger partial charge on any atom is -0.393 e. The molecular formula is C21H36O3. The van der Waals surface area contributed by atoms with Crippen LogP contribution in [0.2, 0.25) is 0 Å². The van der Waals surface area contributed by atoms with Crippen LogP contribution in [0.15, 0.2) is 0 Å². The van der Waals surface area contributed by atoms with E-state index >= 15 is 0 Å². The molecule has 0 radical (unpaired) electrons. The molecule has 4 fully saturated rings. The number of fused-ring (bicyclic) bond motifs is 5. The summed E-state index contributed by atoms with van der Waals surface area (Å²) in [6, 6.07) is 0. The summed E-state index contributed by atoms with van der Waals surface area (Å²) in [5, 5.41) is 21.1. The number of hydrogen-bond donors (Lipinski definition) is 2. The average Bonchev–Trinajstić information content (AvgIpc) is 2.85. The molecule has 0 aromatic heterocycles. The highest BCUT2D eigenvalue weighted by atomic mass is 16.5. The second-order valence-corrected chi connectivity index (χ2v) is 10.0. The van der Waals surface area contributed by atoms with Crippen molar-refractivity contribution in [2.75, 3.05) is 13.7 Å². The number of rotatable bonds is 2. The normalized spacial score (nSPS) is 57.1. The third-order valence-corrected chi connectivity index (χ3v) is 9.17. The van der Waals surface area contributed by atoms with Crippen molar-refractivity contribution in [1.82, 2.24) is 0 Å². The van der Waals surface area contributed by atoms with E-state index in [2.05, 4.69) is 13.8 Å². The quantitative estimate of drug-likeness (QED) is 0.810. The van der Waals surface area contributed by atoms with Crippen LogP contribution in [0.1, 0.15) is 65.2 Å². The van der Waals surface area contributed by atoms with E-state index in [4.69, 9.17) is 4.74 Å². The molecule has 0 aliphatic heterocycles. The molecule has 4 aliphatic rings. The number of hydrogen-bond acceptors (Lipinski definition) is 3. The highest BCUT2D eigenvalue weighted by molar-refractivity contribution is 5.10. The van der Waals surface area contributed by atoms with Gasteiger partial charge in [0.1, 0.15) is 0 Å². The lowest BCUT2D eigenvalue weighted by atomic mass is 9.44. The largest absolute Gasteiger partial charge is 0.393 e. The maximum absolute atomic E-state index is 10.6. The molecule has 4 aliphatic carbocycles. The van der Waals surface area contributed by atoms with Crippen LogP contribution in [0.5, 0.6) is 0 Å². The summed E-state index contributed by atoms with van der Waals surface area (Å²) >= 11 is 0. The topological polar surface area (TPSA) is 49.7 Å². The van der Waals surface area contributed by atoms with Crippen molar-refractivity contribution in [2.24, 2.45) is 40.4 Å². The first-order valence-corrected chi connectivity index (χ1v) is 10.2. The van der Waals surface area contributed by atoms with Crippen LogP contribution >= 0.6 is 0 Å². The Balaban J connectivity index is 1.60. The molecular weight excluding hydrogens is 300 g/mol. The molecule has 0 unspecified atom stereocenters. The van der Waals surface area contributed by atoms with Crippen molar-refractivity contribution in [3.63, 3.8) is 0 Å². The number of methoxy groups -OCH3 is 1. The van der Waals surface area contributed by atoms with Crippen LogP contribution in [0, 0.1) is 40.4 Å². The van der Waals surface area contributed by atoms with Crippen molar-refractivity contribution >= 4 is 0 Å². The highest BCUT2D eigenvalue weighted by Gasteiger charge is 2.60. The van der Waals surface area contributed by atoms with Gasteiger partial charge < -0.3 is 14.9 Å². The Labute approximate surface area is 147 Å². The van der Waals surface area contributed by atoms with Crippen LogP contribution in [-0.2, 0) is 4.74 Å². The van der Waals surface area contributed by atoms with Crippen LogP contribution in [0.4, 0.5) is 0 Å². The van der Waals surface area contributed by atoms with E-state index in [0.717, 1.165) is 37.0 Å². The fourth-order valence-corrected chi connectivity index (χ4v) is 7.78. The van der Waals surface area contributed by atoms with Crippen molar-refractivity contribution in [1.29, 1.82) is 0 Å². The lowest BCUT2D eigenvalue weighted by Crippen LogP contribution is -2.56. The molecule has 0 bridgehead atoms. The second-order valence-electron chi connectivity index (χ2n) is 10.0. The van der Waals surface area contributed by atoms with E-state index < -0.39 is 0 Å². The summed E-state index contributed by atoms with van der Waals surface area (Å²) in [6.07, 6.45) is 9.14. The summed E-state index contributed by atoms with van der Waals surface area (Å²) in [7, 11) is 1.76. The summed E-state index contributed by atoms with van der Waals surface area (Å²) < 4.78 is 5.42. The molecule has 4 saturated carbocycles. The van der Waals surface area contributed by atoms with Crippen molar-refractivity contribution in [3.05, 3.63) is 0 Å². The summed E-state index contributed by atoms with van der Waals surface area (Å²) in [5.74, 6) is 3.28. The molecule has 9 atom stereocenters. The van der Waals surface area contributed by atoms with Crippen LogP contribution in [-0.4, -0.2) is 36.1 Å². The van der Waals surface area contributed by atoms with E-state index in [1.807, 2.05) is 0 Å². The maximum atomic E-state index is 10.6. The lowest BCUT2D eigenvalue weighted by Gasteiger charge is -2.61. The third-order valence-electron chi connectivity index (χ3n) is 9.17. The Morgan fingerprint density at radius 2 is 1.71 bits per heavy atom. The van der Waals surface area contributed by atoms with Gasteiger partial charge in [0.2, 0.25) is 0 Å². The van der Waals surface area contributed by atoms with Gasteiger partial charge in [-0.05, 0) is 85.9 Å². The molecule has 4 rings (SSSR count). The van der Waals surface area contributed by atoms with E-state index in [1.54, 1.807) is 7.11 Å². The van der Waals surface area contributed by atoms with E-state index in [-0.39, 0.29) is 17.6 Å². The minimum absolute atomic E-state index is 0.0802. The predicted octanol–water partition coefficient (Wildman–Crippen LogP) is 3.62. The summed E-state index contributed by atoms with van der Waals surface area (Å²) in [5.41, 5.74) is 0.532. The fourth-order valence-electron chi connectivity index (χ4n) is 7.78. The van der Waals surface area contributed by atoms with Crippen LogP contribution in [0.3, 0.4) is 0 Å². The van der Waals surface area contributed by atoms with Crippen LogP contribution < -0.4 is 0 Å². The lowest BCUT2D eigenvalue weighted by molar-refractivity contribution is -0.153. The molecule has 0 heterocycles. The van der Waals surface area contributed by atoms with Gasteiger partial charge in [0.25, 0.3) is 0 Å². The minimum atomic E-state index is -0.179. The first-order chi connectivity index (χ1) is 11.4. The highest BCUT2D eigenvalue weighted by Crippen LogP contribution is 2.66. The first-order valence-electron chi connectivity index (χ1n) is 10.2. The van der Waals surface area contributed by atoms with Gasteiger partial charge in [0.15, 0.2) is 0 Å². The Morgan fingerprint density at radius 3 is 2.46 bits per heavy atom. The maximum Gasteiger partial charge on any atom is 0.0596 e. The molecule has 2 N–H and O–H groups in total. The molecule has 3 nitrogen and oxygen atoms in total. The Hall–Kier alpha value is -0.120. The van der Waals surface area contributed by atoms with Gasteiger partial charge in [-0.2, -0.15) is 0 Å². The molecule has 0 aromatic rings. The van der Waals surface area contributed by atoms with Crippen molar-refractivity contribution < 1.29 is 14.9 Å². The molecule has 0 aromatic carbocycles. The Kier molecular flexibility index (Phi) is 4.29. The van der Waals surface area contributed by atoms with Gasteiger partial charge in [0.05, 0.1) is 18.8 Å². The number of aliphatic hydroxyl groups is 2. The zero-order valence-electron chi connectivity index (χ0n) is 15.7. The smallest absolute Gasteiger partial charge is 0.0596 e. The average molecular weight is 337 g/mol. The third kappa shape index (κ3) is 2.34. The summed E-state index contributed by atoms with van der Waals surface area (Å²) in [6.45, 7) is 5.58. The van der Waals surface area contributed by atoms with E-state index in [1.165, 1.54) is 32.1 Å². The Morgan fingerprint density at radius 1 is 0.958 bits per heavy atom. The molecule has 0 spiro atoms. The molecule has 0 saturated heterocycles. The zero-order valence-corrected chi connectivity index (χ0v) is 15.7. The second kappa shape index (κ2) is 5.96. The number of ether oxygens (including phenoxy) is 1. The Bertz CT molecular complexity index is 480. The zero-order chi connectivity index (χ0) is 17.1. The van der Waals surface area contributed by atoms with Crippen molar-refractivity contribution in [3.8, 4) is 0 Å². The van der Waals surface area contributed by atoms with Gasteiger partial charge >= 0.3 is 0 Å². The standard InChI is InChI=1S/C21H36O3/c1-20-9-8-17-15(16(20)6-7-19(20)23)5-4-14-10-18(22)13(12-24-3)11-21(14,17)2/h13-19,22-23H,4-12H2,1-3H3/t13-,14-,15+,16+,17+,18-,19-,20+,21+/m1/s1. The van der Waals surface area contributed by atoms with Gasteiger partial charge in [-0.25, -0.2) is 0 Å². The molecule has 24 heavy (non-hydrogen) atoms. The van der Waals surface area contributed by atoms with Gasteiger partial charge in [-0.15, -0.1) is 0 Å². The summed E-state index contributed by atoms with van der Waals surface area (Å²) in [4.78, 5) is 0. The first kappa shape index (κ1) is 17.3. The van der Waals surface area contributed by atoms with Crippen molar-refractivity contribution in [2.45, 2.75) is 77.4 Å². The molecule has 0 amide bonds. The number of aliphatic hydroxyl groups excluding tert-OH is 2. The van der Waals surface area contributed by atoms with E-state index in [9.17, 15) is 10.2 Å². The molecule has 3 heteroatoms. The SMILES string of the molecule is COC[C@H]1C[C@@]2(C)[C@H](CC[C@@H]3[C@@H]2CC[C@]2(C)[C@H](O)CC[C@@H]32)C[C@H]1O. The molecule has 138 valence electrons. The monoisotopic (exact) mass is 336 g/mol. The van der Waals surface area contributed by atoms with Gasteiger partial charge in [0, 0.05) is 13.0 Å². The van der Waals surface area contributed by atoms with E-state index in [0.29, 0.717) is 23.9 Å². The van der Waals surface area contributed by atoms with Gasteiger partial charge in [-0.1, -0.05) is 13.8 Å². The predicted molar refractivity (Wildman–Crippen MR) is 94.5 cm³/mol. The fraction of sp³-hybridized carbons (Fsp3) is 1.00.